The molecule has 0 atom stereocenters. The molecule has 0 saturated carbocycles. The minimum absolute atomic E-state index is 0.00612. The van der Waals surface area contributed by atoms with Crippen molar-refractivity contribution in [3.8, 4) is 11.3 Å². The Morgan fingerprint density at radius 2 is 1.94 bits per heavy atom. The standard InChI is InChI=1S/C10H8FN3O2/c11-6-3-1-5(2-4-6)8-7(9(12)15)10(13)16-14-8/h1-4H,13H2,(H2,12,15). The van der Waals surface area contributed by atoms with Gasteiger partial charge in [-0.25, -0.2) is 4.39 Å². The summed E-state index contributed by atoms with van der Waals surface area (Å²) in [6.45, 7) is 0. The second kappa shape index (κ2) is 3.65. The Morgan fingerprint density at radius 3 is 2.50 bits per heavy atom. The van der Waals surface area contributed by atoms with Crippen molar-refractivity contribution < 1.29 is 13.7 Å². The Kier molecular flexibility index (Phi) is 2.32. The van der Waals surface area contributed by atoms with Gasteiger partial charge in [0.05, 0.1) is 0 Å². The van der Waals surface area contributed by atoms with Gasteiger partial charge in [-0.15, -0.1) is 0 Å². The number of hydrogen-bond acceptors (Lipinski definition) is 4. The number of benzene rings is 1. The van der Waals surface area contributed by atoms with E-state index in [0.29, 0.717) is 5.56 Å². The number of aromatic nitrogens is 1. The molecule has 0 unspecified atom stereocenters. The van der Waals surface area contributed by atoms with E-state index < -0.39 is 5.91 Å². The molecule has 2 rings (SSSR count). The van der Waals surface area contributed by atoms with Crippen molar-refractivity contribution >= 4 is 11.8 Å². The van der Waals surface area contributed by atoms with Crippen LogP contribution in [0.25, 0.3) is 11.3 Å². The first-order valence-electron chi connectivity index (χ1n) is 4.40. The van der Waals surface area contributed by atoms with E-state index in [0.717, 1.165) is 0 Å². The fraction of sp³-hybridized carbons (Fsp3) is 0. The van der Waals surface area contributed by atoms with E-state index in [2.05, 4.69) is 9.68 Å². The van der Waals surface area contributed by atoms with Crippen LogP contribution in [0.5, 0.6) is 0 Å². The Balaban J connectivity index is 2.56. The number of nitrogen functional groups attached to an aromatic ring is 1. The highest BCUT2D eigenvalue weighted by molar-refractivity contribution is 6.02. The fourth-order valence-corrected chi connectivity index (χ4v) is 1.35. The van der Waals surface area contributed by atoms with Crippen LogP contribution in [0.1, 0.15) is 10.4 Å². The van der Waals surface area contributed by atoms with E-state index >= 15 is 0 Å². The van der Waals surface area contributed by atoms with Crippen LogP contribution in [0.3, 0.4) is 0 Å². The average molecular weight is 221 g/mol. The van der Waals surface area contributed by atoms with E-state index in [1.165, 1.54) is 24.3 Å². The summed E-state index contributed by atoms with van der Waals surface area (Å²) in [5, 5.41) is 3.61. The van der Waals surface area contributed by atoms with Crippen LogP contribution in [-0.4, -0.2) is 11.1 Å². The summed E-state index contributed by atoms with van der Waals surface area (Å²) < 4.78 is 17.4. The minimum atomic E-state index is -0.738. The smallest absolute Gasteiger partial charge is 0.256 e. The number of rotatable bonds is 2. The number of nitrogens with zero attached hydrogens (tertiary/aromatic N) is 1. The molecule has 2 aromatic rings. The molecular formula is C10H8FN3O2. The predicted octanol–water partition coefficient (Wildman–Crippen LogP) is 1.16. The largest absolute Gasteiger partial charge is 0.367 e. The second-order valence-electron chi connectivity index (χ2n) is 3.14. The Hall–Kier alpha value is -2.37. The molecule has 6 heteroatoms. The van der Waals surface area contributed by atoms with Crippen molar-refractivity contribution in [1.29, 1.82) is 0 Å². The van der Waals surface area contributed by atoms with Crippen molar-refractivity contribution in [2.24, 2.45) is 5.73 Å². The molecule has 1 aromatic heterocycles. The summed E-state index contributed by atoms with van der Waals surface area (Å²) in [5.41, 5.74) is 11.3. The quantitative estimate of drug-likeness (QED) is 0.795. The Bertz CT molecular complexity index is 533. The number of carbonyl (C=O) groups is 1. The van der Waals surface area contributed by atoms with E-state index in [4.69, 9.17) is 11.5 Å². The third kappa shape index (κ3) is 1.60. The lowest BCUT2D eigenvalue weighted by Gasteiger charge is -1.98. The van der Waals surface area contributed by atoms with Gasteiger partial charge in [-0.3, -0.25) is 4.79 Å². The number of carbonyl (C=O) groups excluding carboxylic acids is 1. The monoisotopic (exact) mass is 221 g/mol. The molecule has 4 N–H and O–H groups in total. The van der Waals surface area contributed by atoms with Gasteiger partial charge in [-0.05, 0) is 24.3 Å². The van der Waals surface area contributed by atoms with Crippen LogP contribution in [0.15, 0.2) is 28.8 Å². The van der Waals surface area contributed by atoms with Gasteiger partial charge in [0.25, 0.3) is 5.91 Å². The van der Waals surface area contributed by atoms with Gasteiger partial charge < -0.3 is 16.0 Å². The summed E-state index contributed by atoms with van der Waals surface area (Å²) in [7, 11) is 0. The third-order valence-corrected chi connectivity index (χ3v) is 2.08. The van der Waals surface area contributed by atoms with Crippen molar-refractivity contribution in [1.82, 2.24) is 5.16 Å². The van der Waals surface area contributed by atoms with Gasteiger partial charge in [0, 0.05) is 5.56 Å². The number of primary amides is 1. The molecule has 0 bridgehead atoms. The zero-order valence-corrected chi connectivity index (χ0v) is 8.11. The summed E-state index contributed by atoms with van der Waals surface area (Å²) in [6, 6.07) is 5.40. The number of hydrogen-bond donors (Lipinski definition) is 2. The lowest BCUT2D eigenvalue weighted by molar-refractivity contribution is 0.100. The number of anilines is 1. The predicted molar refractivity (Wildman–Crippen MR) is 54.8 cm³/mol. The van der Waals surface area contributed by atoms with Crippen LogP contribution in [0.4, 0.5) is 10.3 Å². The molecule has 0 radical (unpaired) electrons. The number of nitrogens with two attached hydrogens (primary N) is 2. The Labute approximate surface area is 89.8 Å². The molecular weight excluding hydrogens is 213 g/mol. The molecule has 1 amide bonds. The average Bonchev–Trinajstić information content (AvgIpc) is 2.61. The van der Waals surface area contributed by atoms with Crippen LogP contribution >= 0.6 is 0 Å². The van der Waals surface area contributed by atoms with Crippen LogP contribution < -0.4 is 11.5 Å². The second-order valence-corrected chi connectivity index (χ2v) is 3.14. The molecule has 0 aliphatic carbocycles. The molecule has 5 nitrogen and oxygen atoms in total. The minimum Gasteiger partial charge on any atom is -0.367 e. The summed E-state index contributed by atoms with van der Waals surface area (Å²) >= 11 is 0. The zero-order valence-electron chi connectivity index (χ0n) is 8.11. The van der Waals surface area contributed by atoms with Gasteiger partial charge in [0.1, 0.15) is 17.1 Å². The molecule has 0 fully saturated rings. The van der Waals surface area contributed by atoms with E-state index in [1.807, 2.05) is 0 Å². The normalized spacial score (nSPS) is 10.3. The molecule has 1 aromatic carbocycles. The highest BCUT2D eigenvalue weighted by Gasteiger charge is 2.19. The maximum Gasteiger partial charge on any atom is 0.256 e. The number of amides is 1. The summed E-state index contributed by atoms with van der Waals surface area (Å²) in [6.07, 6.45) is 0. The summed E-state index contributed by atoms with van der Waals surface area (Å²) in [5.74, 6) is -1.27. The van der Waals surface area contributed by atoms with Gasteiger partial charge in [-0.2, -0.15) is 0 Å². The first-order chi connectivity index (χ1) is 7.59. The zero-order chi connectivity index (χ0) is 11.7. The highest BCUT2D eigenvalue weighted by Crippen LogP contribution is 2.26. The molecule has 0 aliphatic rings. The first-order valence-corrected chi connectivity index (χ1v) is 4.40. The molecule has 82 valence electrons. The summed E-state index contributed by atoms with van der Waals surface area (Å²) in [4.78, 5) is 11.1. The van der Waals surface area contributed by atoms with E-state index in [1.54, 1.807) is 0 Å². The van der Waals surface area contributed by atoms with Crippen molar-refractivity contribution in [2.75, 3.05) is 5.73 Å². The third-order valence-electron chi connectivity index (χ3n) is 2.08. The van der Waals surface area contributed by atoms with Crippen molar-refractivity contribution in [3.63, 3.8) is 0 Å². The molecule has 0 saturated heterocycles. The first kappa shape index (κ1) is 10.2. The maximum absolute atomic E-state index is 12.7. The Morgan fingerprint density at radius 1 is 1.31 bits per heavy atom. The van der Waals surface area contributed by atoms with E-state index in [-0.39, 0.29) is 23.0 Å². The molecule has 1 heterocycles. The van der Waals surface area contributed by atoms with Gasteiger partial charge in [-0.1, -0.05) is 5.16 Å². The number of halogens is 1. The molecule has 16 heavy (non-hydrogen) atoms. The fourth-order valence-electron chi connectivity index (χ4n) is 1.35. The molecule has 0 spiro atoms. The van der Waals surface area contributed by atoms with Crippen LogP contribution in [0, 0.1) is 5.82 Å². The lowest BCUT2D eigenvalue weighted by atomic mass is 10.1. The topological polar surface area (TPSA) is 95.1 Å². The van der Waals surface area contributed by atoms with Crippen molar-refractivity contribution in [3.05, 3.63) is 35.6 Å². The SMILES string of the molecule is NC(=O)c1c(-c2ccc(F)cc2)noc1N. The van der Waals surface area contributed by atoms with Gasteiger partial charge >= 0.3 is 0 Å². The lowest BCUT2D eigenvalue weighted by Crippen LogP contribution is -2.13. The maximum atomic E-state index is 12.7. The van der Waals surface area contributed by atoms with Gasteiger partial charge in [0.15, 0.2) is 0 Å². The van der Waals surface area contributed by atoms with Crippen LogP contribution in [0.2, 0.25) is 0 Å². The molecule has 0 aliphatic heterocycles. The van der Waals surface area contributed by atoms with Crippen molar-refractivity contribution in [2.45, 2.75) is 0 Å². The van der Waals surface area contributed by atoms with Crippen LogP contribution in [-0.2, 0) is 0 Å². The highest BCUT2D eigenvalue weighted by atomic mass is 19.1. The van der Waals surface area contributed by atoms with Gasteiger partial charge in [0.2, 0.25) is 5.88 Å². The van der Waals surface area contributed by atoms with E-state index in [9.17, 15) is 9.18 Å².